The standard InChI is InChI=1S/C10H15F3N2O4S/c11-10(12,13)7-1-3-14(4-2-7)5-8-6-19-20(18)15(8)9(16)17/h7-8H,1-6H2,(H,16,17)/t8-,20?/m0/s1. The van der Waals surface area contributed by atoms with Crippen LogP contribution in [0.3, 0.4) is 0 Å². The number of likely N-dealkylation sites (tertiary alicyclic amines) is 1. The molecular formula is C10H15F3N2O4S. The van der Waals surface area contributed by atoms with Gasteiger partial charge in [0.15, 0.2) is 0 Å². The minimum atomic E-state index is -4.17. The van der Waals surface area contributed by atoms with Crippen LogP contribution in [-0.4, -0.2) is 63.1 Å². The van der Waals surface area contributed by atoms with E-state index in [0.717, 1.165) is 0 Å². The number of amides is 1. The molecule has 0 spiro atoms. The van der Waals surface area contributed by atoms with Crippen molar-refractivity contribution >= 4 is 17.4 Å². The fourth-order valence-corrected chi connectivity index (χ4v) is 3.36. The zero-order valence-electron chi connectivity index (χ0n) is 10.5. The van der Waals surface area contributed by atoms with Crippen molar-refractivity contribution in [3.05, 3.63) is 0 Å². The van der Waals surface area contributed by atoms with Gasteiger partial charge in [0, 0.05) is 6.54 Å². The van der Waals surface area contributed by atoms with Crippen LogP contribution in [0.2, 0.25) is 0 Å². The lowest BCUT2D eigenvalue weighted by atomic mass is 9.96. The number of piperidine rings is 1. The molecule has 2 aliphatic heterocycles. The first kappa shape index (κ1) is 15.5. The summed E-state index contributed by atoms with van der Waals surface area (Å²) >= 11 is -2.02. The zero-order chi connectivity index (χ0) is 14.9. The van der Waals surface area contributed by atoms with E-state index in [9.17, 15) is 22.2 Å². The molecule has 0 bridgehead atoms. The van der Waals surface area contributed by atoms with Crippen molar-refractivity contribution in [3.63, 3.8) is 0 Å². The molecule has 1 unspecified atom stereocenters. The highest BCUT2D eigenvalue weighted by Gasteiger charge is 2.43. The Morgan fingerprint density at radius 1 is 1.35 bits per heavy atom. The van der Waals surface area contributed by atoms with E-state index in [1.807, 2.05) is 0 Å². The summed E-state index contributed by atoms with van der Waals surface area (Å²) in [7, 11) is 0. The maximum atomic E-state index is 12.5. The summed E-state index contributed by atoms with van der Waals surface area (Å²) in [5.74, 6) is -1.29. The number of rotatable bonds is 2. The van der Waals surface area contributed by atoms with Crippen molar-refractivity contribution in [2.45, 2.75) is 25.1 Å². The van der Waals surface area contributed by atoms with Gasteiger partial charge in [-0.25, -0.2) is 9.00 Å². The number of hydrogen-bond acceptors (Lipinski definition) is 4. The Kier molecular flexibility index (Phi) is 4.55. The van der Waals surface area contributed by atoms with Crippen molar-refractivity contribution in [1.82, 2.24) is 9.21 Å². The molecule has 1 amide bonds. The Balaban J connectivity index is 1.87. The van der Waals surface area contributed by atoms with E-state index in [0.29, 0.717) is 4.31 Å². The van der Waals surface area contributed by atoms with Crippen LogP contribution in [0.5, 0.6) is 0 Å². The topological polar surface area (TPSA) is 70.1 Å². The second kappa shape index (κ2) is 5.86. The Bertz CT molecular complexity index is 398. The molecule has 2 aliphatic rings. The molecule has 20 heavy (non-hydrogen) atoms. The lowest BCUT2D eigenvalue weighted by Gasteiger charge is -2.34. The molecule has 6 nitrogen and oxygen atoms in total. The molecule has 0 aromatic carbocycles. The van der Waals surface area contributed by atoms with Crippen LogP contribution in [0.15, 0.2) is 0 Å². The normalized spacial score (nSPS) is 29.9. The predicted octanol–water partition coefficient (Wildman–Crippen LogP) is 1.22. The van der Waals surface area contributed by atoms with Crippen molar-refractivity contribution in [2.24, 2.45) is 5.92 Å². The van der Waals surface area contributed by atoms with Gasteiger partial charge >= 0.3 is 12.3 Å². The first-order valence-corrected chi connectivity index (χ1v) is 7.18. The number of carboxylic acid groups (broad SMARTS) is 1. The second-order valence-corrected chi connectivity index (χ2v) is 5.94. The fourth-order valence-electron chi connectivity index (χ4n) is 2.47. The number of nitrogens with zero attached hydrogens (tertiary/aromatic N) is 2. The van der Waals surface area contributed by atoms with Crippen molar-refractivity contribution < 1.29 is 31.5 Å². The zero-order valence-corrected chi connectivity index (χ0v) is 11.3. The third-order valence-electron chi connectivity index (χ3n) is 3.56. The largest absolute Gasteiger partial charge is 0.464 e. The van der Waals surface area contributed by atoms with Gasteiger partial charge in [-0.2, -0.15) is 17.5 Å². The quantitative estimate of drug-likeness (QED) is 0.829. The Morgan fingerprint density at radius 3 is 2.45 bits per heavy atom. The third kappa shape index (κ3) is 3.41. The molecule has 0 aromatic heterocycles. The second-order valence-electron chi connectivity index (χ2n) is 4.88. The fraction of sp³-hybridized carbons (Fsp3) is 0.900. The summed E-state index contributed by atoms with van der Waals surface area (Å²) in [6.45, 7) is 0.738. The van der Waals surface area contributed by atoms with Crippen LogP contribution >= 0.6 is 0 Å². The number of carbonyl (C=O) groups is 1. The lowest BCUT2D eigenvalue weighted by Crippen LogP contribution is -2.47. The van der Waals surface area contributed by atoms with Crippen LogP contribution in [-0.2, 0) is 15.4 Å². The molecule has 10 heteroatoms. The highest BCUT2D eigenvalue weighted by atomic mass is 32.2. The van der Waals surface area contributed by atoms with Crippen LogP contribution in [0.1, 0.15) is 12.8 Å². The van der Waals surface area contributed by atoms with E-state index in [2.05, 4.69) is 0 Å². The average molecular weight is 316 g/mol. The van der Waals surface area contributed by atoms with Crippen molar-refractivity contribution in [2.75, 3.05) is 26.2 Å². The van der Waals surface area contributed by atoms with Crippen LogP contribution in [0.25, 0.3) is 0 Å². The van der Waals surface area contributed by atoms with Crippen molar-refractivity contribution in [1.29, 1.82) is 0 Å². The summed E-state index contributed by atoms with van der Waals surface area (Å²) in [5.41, 5.74) is 0. The van der Waals surface area contributed by atoms with E-state index < -0.39 is 35.5 Å². The van der Waals surface area contributed by atoms with Gasteiger partial charge in [0.25, 0.3) is 11.3 Å². The summed E-state index contributed by atoms with van der Waals surface area (Å²) in [6.07, 6.45) is -5.51. The third-order valence-corrected chi connectivity index (χ3v) is 4.67. The molecule has 2 heterocycles. The molecule has 2 rings (SSSR count). The number of hydrogen-bond donors (Lipinski definition) is 1. The summed E-state index contributed by atoms with van der Waals surface area (Å²) in [6, 6.07) is -0.601. The molecule has 116 valence electrons. The molecular weight excluding hydrogens is 301 g/mol. The first-order chi connectivity index (χ1) is 9.29. The minimum Gasteiger partial charge on any atom is -0.464 e. The molecule has 2 saturated heterocycles. The van der Waals surface area contributed by atoms with Gasteiger partial charge in [-0.05, 0) is 25.9 Å². The van der Waals surface area contributed by atoms with E-state index in [1.54, 1.807) is 4.90 Å². The maximum Gasteiger partial charge on any atom is 0.421 e. The van der Waals surface area contributed by atoms with Crippen molar-refractivity contribution in [3.8, 4) is 0 Å². The van der Waals surface area contributed by atoms with E-state index in [1.165, 1.54) is 0 Å². The van der Waals surface area contributed by atoms with Crippen LogP contribution < -0.4 is 0 Å². The molecule has 2 fully saturated rings. The SMILES string of the molecule is O=C(O)N1[C@@H](CN2CCC(C(F)(F)F)CC2)COS1=O. The van der Waals surface area contributed by atoms with Gasteiger partial charge in [-0.3, -0.25) is 4.18 Å². The van der Waals surface area contributed by atoms with Gasteiger partial charge in [-0.1, -0.05) is 0 Å². The minimum absolute atomic E-state index is 0.00187. The predicted molar refractivity (Wildman–Crippen MR) is 63.0 cm³/mol. The smallest absolute Gasteiger partial charge is 0.421 e. The van der Waals surface area contributed by atoms with Gasteiger partial charge in [0.05, 0.1) is 18.6 Å². The maximum absolute atomic E-state index is 12.5. The molecule has 0 aliphatic carbocycles. The number of halogens is 3. The lowest BCUT2D eigenvalue weighted by molar-refractivity contribution is -0.185. The molecule has 0 saturated carbocycles. The van der Waals surface area contributed by atoms with Gasteiger partial charge < -0.3 is 10.0 Å². The van der Waals surface area contributed by atoms with Gasteiger partial charge in [0.1, 0.15) is 0 Å². The summed E-state index contributed by atoms with van der Waals surface area (Å²) in [4.78, 5) is 12.7. The van der Waals surface area contributed by atoms with Crippen LogP contribution in [0.4, 0.5) is 18.0 Å². The Hall–Kier alpha value is -0.870. The highest BCUT2D eigenvalue weighted by Crippen LogP contribution is 2.34. The summed E-state index contributed by atoms with van der Waals surface area (Å²) in [5, 5.41) is 8.92. The molecule has 0 aromatic rings. The van der Waals surface area contributed by atoms with E-state index in [4.69, 9.17) is 9.29 Å². The number of alkyl halides is 3. The van der Waals surface area contributed by atoms with Crippen LogP contribution in [0, 0.1) is 5.92 Å². The Morgan fingerprint density at radius 2 is 1.95 bits per heavy atom. The van der Waals surface area contributed by atoms with E-state index in [-0.39, 0.29) is 39.1 Å². The molecule has 2 atom stereocenters. The van der Waals surface area contributed by atoms with E-state index >= 15 is 0 Å². The first-order valence-electron chi connectivity index (χ1n) is 6.15. The van der Waals surface area contributed by atoms with Gasteiger partial charge in [0.2, 0.25) is 0 Å². The summed E-state index contributed by atoms with van der Waals surface area (Å²) < 4.78 is 54.4. The molecule has 0 radical (unpaired) electrons. The monoisotopic (exact) mass is 316 g/mol. The highest BCUT2D eigenvalue weighted by molar-refractivity contribution is 7.78. The van der Waals surface area contributed by atoms with Gasteiger partial charge in [-0.15, -0.1) is 0 Å². The Labute approximate surface area is 116 Å². The average Bonchev–Trinajstić information content (AvgIpc) is 2.70. The molecule has 1 N–H and O–H groups in total.